The fourth-order valence-corrected chi connectivity index (χ4v) is 3.23. The van der Waals surface area contributed by atoms with E-state index in [0.717, 1.165) is 5.56 Å². The van der Waals surface area contributed by atoms with Crippen molar-refractivity contribution in [1.29, 1.82) is 0 Å². The standard InChI is InChI=1S/C21H22ClF2N5O3/c1-3-31-19-8-14(4-7-18(19)32-21(23)24)10-28(2)11-20(30)27-16-9-15(22)5-6-17(16)29-13-25-12-26-29/h4-9,12-13,21H,3,10-11H2,1-2H3,(H,27,30). The number of benzene rings is 2. The molecule has 32 heavy (non-hydrogen) atoms. The number of amides is 1. The lowest BCUT2D eigenvalue weighted by molar-refractivity contribution is -0.117. The van der Waals surface area contributed by atoms with Crippen molar-refractivity contribution in [2.75, 3.05) is 25.5 Å². The molecule has 0 atom stereocenters. The van der Waals surface area contributed by atoms with Crippen LogP contribution in [-0.2, 0) is 11.3 Å². The summed E-state index contributed by atoms with van der Waals surface area (Å²) in [5, 5.41) is 7.38. The first-order chi connectivity index (χ1) is 15.4. The van der Waals surface area contributed by atoms with Gasteiger partial charge in [0.2, 0.25) is 5.91 Å². The van der Waals surface area contributed by atoms with Crippen LogP contribution in [0.25, 0.3) is 5.69 Å². The van der Waals surface area contributed by atoms with E-state index in [1.165, 1.54) is 23.4 Å². The number of carbonyl (C=O) groups is 1. The van der Waals surface area contributed by atoms with Crippen molar-refractivity contribution in [1.82, 2.24) is 19.7 Å². The quantitative estimate of drug-likeness (QED) is 0.487. The highest BCUT2D eigenvalue weighted by molar-refractivity contribution is 6.31. The van der Waals surface area contributed by atoms with Gasteiger partial charge in [0.15, 0.2) is 11.5 Å². The molecule has 170 valence electrons. The molecule has 1 amide bonds. The molecule has 0 spiro atoms. The van der Waals surface area contributed by atoms with Crippen molar-refractivity contribution in [3.8, 4) is 17.2 Å². The van der Waals surface area contributed by atoms with Crippen LogP contribution in [0.4, 0.5) is 14.5 Å². The number of nitrogens with one attached hydrogen (secondary N) is 1. The minimum atomic E-state index is -2.94. The summed E-state index contributed by atoms with van der Waals surface area (Å²) in [6.45, 7) is -0.440. The smallest absolute Gasteiger partial charge is 0.387 e. The molecule has 0 saturated heterocycles. The second kappa shape index (κ2) is 10.9. The van der Waals surface area contributed by atoms with Gasteiger partial charge >= 0.3 is 6.61 Å². The molecule has 0 fully saturated rings. The lowest BCUT2D eigenvalue weighted by atomic mass is 10.2. The van der Waals surface area contributed by atoms with Crippen LogP contribution < -0.4 is 14.8 Å². The number of carbonyl (C=O) groups excluding carboxylic acids is 1. The third-order valence-corrected chi connectivity index (χ3v) is 4.52. The predicted molar refractivity (Wildman–Crippen MR) is 116 cm³/mol. The summed E-state index contributed by atoms with van der Waals surface area (Å²) in [6, 6.07) is 9.75. The van der Waals surface area contributed by atoms with Crippen molar-refractivity contribution in [3.63, 3.8) is 0 Å². The Hall–Kier alpha value is -3.24. The van der Waals surface area contributed by atoms with Gasteiger partial charge in [0, 0.05) is 11.6 Å². The van der Waals surface area contributed by atoms with Crippen LogP contribution in [0.2, 0.25) is 5.02 Å². The van der Waals surface area contributed by atoms with Gasteiger partial charge in [-0.1, -0.05) is 17.7 Å². The van der Waals surface area contributed by atoms with E-state index in [2.05, 4.69) is 20.1 Å². The van der Waals surface area contributed by atoms with E-state index < -0.39 is 6.61 Å². The van der Waals surface area contributed by atoms with E-state index in [1.54, 1.807) is 49.2 Å². The second-order valence-electron chi connectivity index (χ2n) is 6.81. The number of rotatable bonds is 10. The second-order valence-corrected chi connectivity index (χ2v) is 7.25. The molecule has 3 aromatic rings. The minimum absolute atomic E-state index is 0.0346. The van der Waals surface area contributed by atoms with Gasteiger partial charge in [0.25, 0.3) is 0 Å². The number of hydrogen-bond acceptors (Lipinski definition) is 6. The van der Waals surface area contributed by atoms with Crippen LogP contribution in [-0.4, -0.2) is 52.4 Å². The molecule has 1 aromatic heterocycles. The molecule has 0 aliphatic carbocycles. The Kier molecular flexibility index (Phi) is 7.96. The Morgan fingerprint density at radius 2 is 2.06 bits per heavy atom. The van der Waals surface area contributed by atoms with Crippen LogP contribution in [0.3, 0.4) is 0 Å². The molecule has 1 heterocycles. The van der Waals surface area contributed by atoms with Crippen molar-refractivity contribution in [2.24, 2.45) is 0 Å². The highest BCUT2D eigenvalue weighted by Gasteiger charge is 2.15. The number of likely N-dealkylation sites (N-methyl/N-ethyl adjacent to an activating group) is 1. The molecule has 1 N–H and O–H groups in total. The molecule has 11 heteroatoms. The minimum Gasteiger partial charge on any atom is -0.490 e. The Balaban J connectivity index is 1.66. The molecule has 8 nitrogen and oxygen atoms in total. The maximum atomic E-state index is 12.6. The fraction of sp³-hybridized carbons (Fsp3) is 0.286. The number of nitrogens with zero attached hydrogens (tertiary/aromatic N) is 4. The van der Waals surface area contributed by atoms with Crippen molar-refractivity contribution in [2.45, 2.75) is 20.1 Å². The molecule has 0 unspecified atom stereocenters. The highest BCUT2D eigenvalue weighted by atomic mass is 35.5. The number of hydrogen-bond donors (Lipinski definition) is 1. The molecule has 0 saturated carbocycles. The Labute approximate surface area is 188 Å². The highest BCUT2D eigenvalue weighted by Crippen LogP contribution is 2.30. The van der Waals surface area contributed by atoms with Gasteiger partial charge in [-0.15, -0.1) is 0 Å². The average molecular weight is 466 g/mol. The van der Waals surface area contributed by atoms with Gasteiger partial charge in [-0.25, -0.2) is 9.67 Å². The molecular formula is C21H22ClF2N5O3. The first-order valence-corrected chi connectivity index (χ1v) is 10.1. The van der Waals surface area contributed by atoms with Gasteiger partial charge < -0.3 is 14.8 Å². The van der Waals surface area contributed by atoms with Crippen molar-refractivity contribution >= 4 is 23.2 Å². The fourth-order valence-electron chi connectivity index (χ4n) is 3.06. The topological polar surface area (TPSA) is 81.5 Å². The van der Waals surface area contributed by atoms with Gasteiger partial charge in [0.05, 0.1) is 24.5 Å². The number of halogens is 3. The summed E-state index contributed by atoms with van der Waals surface area (Å²) in [7, 11) is 1.76. The predicted octanol–water partition coefficient (Wildman–Crippen LogP) is 3.99. The van der Waals surface area contributed by atoms with Crippen LogP contribution in [0, 0.1) is 0 Å². The largest absolute Gasteiger partial charge is 0.490 e. The third-order valence-electron chi connectivity index (χ3n) is 4.29. The first-order valence-electron chi connectivity index (χ1n) is 9.69. The first kappa shape index (κ1) is 23.4. The van der Waals surface area contributed by atoms with Gasteiger partial charge in [0.1, 0.15) is 12.7 Å². The van der Waals surface area contributed by atoms with E-state index in [1.807, 2.05) is 0 Å². The zero-order valence-corrected chi connectivity index (χ0v) is 18.2. The SMILES string of the molecule is CCOc1cc(CN(C)CC(=O)Nc2cc(Cl)ccc2-n2cncn2)ccc1OC(F)F. The average Bonchev–Trinajstić information content (AvgIpc) is 3.24. The molecule has 0 aliphatic rings. The van der Waals surface area contributed by atoms with Gasteiger partial charge in [-0.2, -0.15) is 13.9 Å². The molecule has 0 aliphatic heterocycles. The lowest BCUT2D eigenvalue weighted by Gasteiger charge is -2.19. The normalized spacial score (nSPS) is 11.1. The van der Waals surface area contributed by atoms with Crippen LogP contribution >= 0.6 is 11.6 Å². The molecule has 2 aromatic carbocycles. The Morgan fingerprint density at radius 3 is 2.75 bits per heavy atom. The Morgan fingerprint density at radius 1 is 1.25 bits per heavy atom. The lowest BCUT2D eigenvalue weighted by Crippen LogP contribution is -2.30. The molecular weight excluding hydrogens is 444 g/mol. The van der Waals surface area contributed by atoms with Crippen LogP contribution in [0.5, 0.6) is 11.5 Å². The monoisotopic (exact) mass is 465 g/mol. The summed E-state index contributed by atoms with van der Waals surface area (Å²) in [4.78, 5) is 18.3. The van der Waals surface area contributed by atoms with Gasteiger partial charge in [-0.05, 0) is 49.9 Å². The summed E-state index contributed by atoms with van der Waals surface area (Å²) in [5.74, 6) is -0.0778. The van der Waals surface area contributed by atoms with Crippen molar-refractivity contribution < 1.29 is 23.0 Å². The Bertz CT molecular complexity index is 1050. The maximum absolute atomic E-state index is 12.6. The zero-order valence-electron chi connectivity index (χ0n) is 17.5. The van der Waals surface area contributed by atoms with Crippen molar-refractivity contribution in [3.05, 3.63) is 59.6 Å². The van der Waals surface area contributed by atoms with E-state index >= 15 is 0 Å². The third kappa shape index (κ3) is 6.38. The molecule has 3 rings (SSSR count). The van der Waals surface area contributed by atoms with Crippen LogP contribution in [0.15, 0.2) is 49.1 Å². The number of anilines is 1. The summed E-state index contributed by atoms with van der Waals surface area (Å²) >= 11 is 6.08. The zero-order chi connectivity index (χ0) is 23.1. The number of alkyl halides is 2. The number of aromatic nitrogens is 3. The molecule has 0 bridgehead atoms. The van der Waals surface area contributed by atoms with E-state index in [4.69, 9.17) is 16.3 Å². The number of ether oxygens (including phenoxy) is 2. The van der Waals surface area contributed by atoms with Gasteiger partial charge in [-0.3, -0.25) is 9.69 Å². The van der Waals surface area contributed by atoms with E-state index in [0.29, 0.717) is 29.5 Å². The maximum Gasteiger partial charge on any atom is 0.387 e. The molecule has 0 radical (unpaired) electrons. The van der Waals surface area contributed by atoms with Crippen LogP contribution in [0.1, 0.15) is 12.5 Å². The summed E-state index contributed by atoms with van der Waals surface area (Å²) in [5.41, 5.74) is 1.89. The van der Waals surface area contributed by atoms with E-state index in [-0.39, 0.29) is 24.0 Å². The summed E-state index contributed by atoms with van der Waals surface area (Å²) in [6.07, 6.45) is 2.91. The summed E-state index contributed by atoms with van der Waals surface area (Å²) < 4.78 is 36.5. The van der Waals surface area contributed by atoms with E-state index in [9.17, 15) is 13.6 Å².